The van der Waals surface area contributed by atoms with Crippen LogP contribution in [0.5, 0.6) is 0 Å². The maximum absolute atomic E-state index is 11.5. The van der Waals surface area contributed by atoms with Crippen LogP contribution >= 0.6 is 0 Å². The first-order chi connectivity index (χ1) is 14.4. The van der Waals surface area contributed by atoms with E-state index in [4.69, 9.17) is 4.74 Å². The van der Waals surface area contributed by atoms with E-state index in [2.05, 4.69) is 32.9 Å². The number of nitrogens with one attached hydrogen (secondary N) is 1. The predicted octanol–water partition coefficient (Wildman–Crippen LogP) is 3.60. The van der Waals surface area contributed by atoms with Gasteiger partial charge in [0.25, 0.3) is 0 Å². The van der Waals surface area contributed by atoms with Gasteiger partial charge in [0.2, 0.25) is 5.91 Å². The van der Waals surface area contributed by atoms with Gasteiger partial charge in [-0.3, -0.25) is 4.79 Å². The summed E-state index contributed by atoms with van der Waals surface area (Å²) in [5.41, 5.74) is 0.570. The van der Waals surface area contributed by atoms with Gasteiger partial charge in [-0.15, -0.1) is 0 Å². The molecule has 0 fully saturated rings. The number of amides is 1. The molecule has 4 nitrogen and oxygen atoms in total. The Hall–Kier alpha value is -0.580. The number of hydrogen-bond donors (Lipinski definition) is 1. The number of halogens is 1. The van der Waals surface area contributed by atoms with Gasteiger partial charge in [-0.1, -0.05) is 97.0 Å². The highest BCUT2D eigenvalue weighted by molar-refractivity contribution is 5.91. The van der Waals surface area contributed by atoms with Crippen LogP contribution in [0.1, 0.15) is 110 Å². The number of hydrogen-bond acceptors (Lipinski definition) is 2. The quantitative estimate of drug-likeness (QED) is 0.116. The van der Waals surface area contributed by atoms with E-state index in [1.165, 1.54) is 89.9 Å². The minimum Gasteiger partial charge on any atom is -1.00 e. The van der Waals surface area contributed by atoms with Gasteiger partial charge in [-0.05, 0) is 13.3 Å². The zero-order chi connectivity index (χ0) is 22.5. The third-order valence-electron chi connectivity index (χ3n) is 5.70. The van der Waals surface area contributed by atoms with E-state index in [0.717, 1.165) is 30.8 Å². The molecule has 0 unspecified atom stereocenters. The molecule has 31 heavy (non-hydrogen) atoms. The highest BCUT2D eigenvalue weighted by atomic mass is 35.5. The summed E-state index contributed by atoms with van der Waals surface area (Å²) in [5, 5.41) is 2.89. The number of unbranched alkanes of at least 4 members (excludes halogenated alkanes) is 13. The van der Waals surface area contributed by atoms with Crippen molar-refractivity contribution in [1.82, 2.24) is 5.32 Å². The van der Waals surface area contributed by atoms with Gasteiger partial charge in [0, 0.05) is 18.5 Å². The van der Waals surface area contributed by atoms with Crippen molar-refractivity contribution in [3.63, 3.8) is 0 Å². The minimum atomic E-state index is -0.0469. The lowest BCUT2D eigenvalue weighted by Gasteiger charge is -2.29. The maximum atomic E-state index is 11.5. The van der Waals surface area contributed by atoms with E-state index >= 15 is 0 Å². The third kappa shape index (κ3) is 23.9. The number of carbonyl (C=O) groups is 1. The van der Waals surface area contributed by atoms with Crippen molar-refractivity contribution in [3.8, 4) is 0 Å². The fourth-order valence-corrected chi connectivity index (χ4v) is 3.63. The number of carbonyl (C=O) groups excluding carboxylic acids is 1. The molecule has 0 saturated heterocycles. The zero-order valence-electron chi connectivity index (χ0n) is 21.3. The lowest BCUT2D eigenvalue weighted by Crippen LogP contribution is -3.00. The molecule has 0 aliphatic heterocycles. The van der Waals surface area contributed by atoms with Crippen LogP contribution in [0.4, 0.5) is 0 Å². The Kier molecular flexibility index (Phi) is 23.8. The second-order valence-electron chi connectivity index (χ2n) is 9.68. The summed E-state index contributed by atoms with van der Waals surface area (Å²) in [4.78, 5) is 11.5. The van der Waals surface area contributed by atoms with Crippen LogP contribution in [0.15, 0.2) is 12.2 Å². The second kappa shape index (κ2) is 22.6. The van der Waals surface area contributed by atoms with Crippen molar-refractivity contribution < 1.29 is 26.4 Å². The molecule has 0 aromatic heterocycles. The molecule has 0 spiro atoms. The van der Waals surface area contributed by atoms with E-state index < -0.39 is 0 Å². The van der Waals surface area contributed by atoms with E-state index in [-0.39, 0.29) is 18.3 Å². The number of nitrogens with zero attached hydrogens (tertiary/aromatic N) is 1. The van der Waals surface area contributed by atoms with Gasteiger partial charge in [0.1, 0.15) is 0 Å². The van der Waals surface area contributed by atoms with Crippen LogP contribution in [0, 0.1) is 0 Å². The normalized spacial score (nSPS) is 11.2. The molecule has 0 aromatic carbocycles. The molecule has 0 aliphatic carbocycles. The standard InChI is InChI=1S/C26H52N2O2.ClH/c1-6-7-8-9-10-11-12-13-14-15-16-17-18-19-23-30-24-28(4,5)22-20-21-27-26(29)25(2)3;/h2,6-24H2,1,3-5H3;1H. The molecule has 1 amide bonds. The molecule has 1 N–H and O–H groups in total. The Bertz CT molecular complexity index is 428. The molecule has 0 radical (unpaired) electrons. The number of rotatable bonds is 22. The highest BCUT2D eigenvalue weighted by Crippen LogP contribution is 2.13. The third-order valence-corrected chi connectivity index (χ3v) is 5.70. The molecule has 0 bridgehead atoms. The molecule has 186 valence electrons. The summed E-state index contributed by atoms with van der Waals surface area (Å²) in [7, 11) is 4.37. The molecule has 5 heteroatoms. The van der Waals surface area contributed by atoms with Gasteiger partial charge < -0.3 is 26.9 Å². The molecule has 0 atom stereocenters. The molecule has 0 heterocycles. The summed E-state index contributed by atoms with van der Waals surface area (Å²) < 4.78 is 6.73. The van der Waals surface area contributed by atoms with Crippen LogP contribution < -0.4 is 17.7 Å². The Labute approximate surface area is 200 Å². The van der Waals surface area contributed by atoms with Crippen LogP contribution in [-0.2, 0) is 9.53 Å². The number of ether oxygens (including phenoxy) is 1. The summed E-state index contributed by atoms with van der Waals surface area (Å²) in [6, 6.07) is 0. The van der Waals surface area contributed by atoms with Crippen molar-refractivity contribution >= 4 is 5.91 Å². The van der Waals surface area contributed by atoms with E-state index in [1.807, 2.05) is 0 Å². The van der Waals surface area contributed by atoms with Gasteiger partial charge in [-0.25, -0.2) is 0 Å². The highest BCUT2D eigenvalue weighted by Gasteiger charge is 2.14. The minimum absolute atomic E-state index is 0. The summed E-state index contributed by atoms with van der Waals surface area (Å²) >= 11 is 0. The van der Waals surface area contributed by atoms with Gasteiger partial charge >= 0.3 is 0 Å². The Morgan fingerprint density at radius 1 is 0.806 bits per heavy atom. The fraction of sp³-hybridized carbons (Fsp3) is 0.885. The van der Waals surface area contributed by atoms with Gasteiger partial charge in [0.15, 0.2) is 6.73 Å². The molecule has 0 saturated carbocycles. The van der Waals surface area contributed by atoms with Gasteiger partial charge in [0.05, 0.1) is 27.2 Å². The van der Waals surface area contributed by atoms with Gasteiger partial charge in [-0.2, -0.15) is 0 Å². The molecule has 0 aromatic rings. The zero-order valence-corrected chi connectivity index (χ0v) is 22.0. The topological polar surface area (TPSA) is 38.3 Å². The van der Waals surface area contributed by atoms with Crippen molar-refractivity contribution in [2.45, 2.75) is 110 Å². The Balaban J connectivity index is 0. The fourth-order valence-electron chi connectivity index (χ4n) is 3.63. The lowest BCUT2D eigenvalue weighted by molar-refractivity contribution is -0.909. The molecule has 0 rings (SSSR count). The average Bonchev–Trinajstić information content (AvgIpc) is 2.70. The summed E-state index contributed by atoms with van der Waals surface area (Å²) in [6.45, 7) is 11.0. The van der Waals surface area contributed by atoms with Crippen LogP contribution in [0.25, 0.3) is 0 Å². The first kappa shape index (κ1) is 32.6. The number of quaternary nitrogens is 1. The molecular weight excluding hydrogens is 408 g/mol. The first-order valence-corrected chi connectivity index (χ1v) is 12.7. The summed E-state index contributed by atoms with van der Waals surface area (Å²) in [6.07, 6.45) is 20.4. The van der Waals surface area contributed by atoms with Crippen LogP contribution in [0.2, 0.25) is 0 Å². The maximum Gasteiger partial charge on any atom is 0.246 e. The van der Waals surface area contributed by atoms with Crippen molar-refractivity contribution in [2.24, 2.45) is 0 Å². The summed E-state index contributed by atoms with van der Waals surface area (Å²) in [5.74, 6) is -0.0469. The monoisotopic (exact) mass is 460 g/mol. The Morgan fingerprint density at radius 3 is 1.71 bits per heavy atom. The van der Waals surface area contributed by atoms with E-state index in [9.17, 15) is 4.79 Å². The smallest absolute Gasteiger partial charge is 0.246 e. The van der Waals surface area contributed by atoms with Crippen LogP contribution in [-0.4, -0.2) is 50.9 Å². The first-order valence-electron chi connectivity index (χ1n) is 12.7. The average molecular weight is 461 g/mol. The van der Waals surface area contributed by atoms with E-state index in [1.54, 1.807) is 6.92 Å². The molecular formula is C26H53ClN2O2. The van der Waals surface area contributed by atoms with Crippen molar-refractivity contribution in [1.29, 1.82) is 0 Å². The van der Waals surface area contributed by atoms with Crippen molar-refractivity contribution in [3.05, 3.63) is 12.2 Å². The Morgan fingerprint density at radius 2 is 1.26 bits per heavy atom. The molecule has 0 aliphatic rings. The second-order valence-corrected chi connectivity index (χ2v) is 9.68. The van der Waals surface area contributed by atoms with Crippen LogP contribution in [0.3, 0.4) is 0 Å². The van der Waals surface area contributed by atoms with Crippen molar-refractivity contribution in [2.75, 3.05) is 40.5 Å². The SMILES string of the molecule is C=C(C)C(=O)NCCC[N+](C)(C)COCCCCCCCCCCCCCCCC.[Cl-]. The van der Waals surface area contributed by atoms with E-state index in [0.29, 0.717) is 12.1 Å². The largest absolute Gasteiger partial charge is 1.00 e. The lowest BCUT2D eigenvalue weighted by atomic mass is 10.0. The predicted molar refractivity (Wildman–Crippen MR) is 131 cm³/mol.